The van der Waals surface area contributed by atoms with Gasteiger partial charge in [0, 0.05) is 11.5 Å². The second-order valence-corrected chi connectivity index (χ2v) is 6.34. The predicted molar refractivity (Wildman–Crippen MR) is 74.4 cm³/mol. The van der Waals surface area contributed by atoms with E-state index in [4.69, 9.17) is 0 Å². The average molecular weight is 252 g/mol. The van der Waals surface area contributed by atoms with Gasteiger partial charge in [-0.25, -0.2) is 0 Å². The smallest absolute Gasteiger partial charge is 0.226 e. The second-order valence-electron chi connectivity index (χ2n) is 6.34. The van der Waals surface area contributed by atoms with Crippen molar-refractivity contribution in [1.29, 1.82) is 0 Å². The van der Waals surface area contributed by atoms with Gasteiger partial charge < -0.3 is 10.6 Å². The van der Waals surface area contributed by atoms with Crippen molar-refractivity contribution < 1.29 is 4.79 Å². The Bertz CT molecular complexity index is 284. The highest BCUT2D eigenvalue weighted by molar-refractivity contribution is 5.82. The lowest BCUT2D eigenvalue weighted by molar-refractivity contribution is -0.133. The minimum absolute atomic E-state index is 0.138. The Morgan fingerprint density at radius 3 is 2.61 bits per heavy atom. The van der Waals surface area contributed by atoms with E-state index in [9.17, 15) is 4.79 Å². The van der Waals surface area contributed by atoms with Crippen LogP contribution in [0.1, 0.15) is 58.8 Å². The van der Waals surface area contributed by atoms with Gasteiger partial charge in [-0.05, 0) is 44.7 Å². The summed E-state index contributed by atoms with van der Waals surface area (Å²) in [6.45, 7) is 6.34. The highest BCUT2D eigenvalue weighted by Crippen LogP contribution is 2.31. The van der Waals surface area contributed by atoms with E-state index in [1.54, 1.807) is 0 Å². The topological polar surface area (TPSA) is 41.1 Å². The number of carbonyl (C=O) groups is 1. The molecule has 0 aromatic heterocycles. The van der Waals surface area contributed by atoms with Crippen molar-refractivity contribution in [2.45, 2.75) is 64.8 Å². The number of hydrogen-bond acceptors (Lipinski definition) is 2. The van der Waals surface area contributed by atoms with Crippen LogP contribution in [0.3, 0.4) is 0 Å². The van der Waals surface area contributed by atoms with Crippen LogP contribution in [0.4, 0.5) is 0 Å². The summed E-state index contributed by atoms with van der Waals surface area (Å²) in [5, 5.41) is 6.70. The largest absolute Gasteiger partial charge is 0.353 e. The number of rotatable bonds is 3. The molecular formula is C15H28N2O. The van der Waals surface area contributed by atoms with Gasteiger partial charge in [-0.15, -0.1) is 0 Å². The number of carbonyl (C=O) groups excluding carboxylic acids is 1. The molecular weight excluding hydrogens is 224 g/mol. The second kappa shape index (κ2) is 6.05. The lowest BCUT2D eigenvalue weighted by atomic mass is 9.78. The van der Waals surface area contributed by atoms with E-state index in [-0.39, 0.29) is 5.41 Å². The maximum Gasteiger partial charge on any atom is 0.226 e. The maximum absolute atomic E-state index is 12.5. The summed E-state index contributed by atoms with van der Waals surface area (Å²) < 4.78 is 0. The summed E-state index contributed by atoms with van der Waals surface area (Å²) in [5.74, 6) is 1.00. The van der Waals surface area contributed by atoms with Gasteiger partial charge in [-0.1, -0.05) is 33.1 Å². The first-order valence-corrected chi connectivity index (χ1v) is 7.67. The third-order valence-electron chi connectivity index (χ3n) is 5.01. The van der Waals surface area contributed by atoms with E-state index < -0.39 is 0 Å². The highest BCUT2D eigenvalue weighted by Gasteiger charge is 2.36. The van der Waals surface area contributed by atoms with Crippen molar-refractivity contribution in [2.75, 3.05) is 13.1 Å². The molecule has 2 rings (SSSR count). The summed E-state index contributed by atoms with van der Waals surface area (Å²) in [4.78, 5) is 12.5. The molecule has 2 unspecified atom stereocenters. The Hall–Kier alpha value is -0.570. The molecule has 1 saturated carbocycles. The summed E-state index contributed by atoms with van der Waals surface area (Å²) >= 11 is 0. The fourth-order valence-electron chi connectivity index (χ4n) is 3.43. The minimum Gasteiger partial charge on any atom is -0.353 e. The Morgan fingerprint density at radius 2 is 1.94 bits per heavy atom. The van der Waals surface area contributed by atoms with Crippen molar-refractivity contribution in [3.8, 4) is 0 Å². The number of amides is 1. The zero-order valence-electron chi connectivity index (χ0n) is 11.9. The summed E-state index contributed by atoms with van der Waals surface area (Å²) in [6, 6.07) is 0.433. The van der Waals surface area contributed by atoms with Crippen LogP contribution in [-0.2, 0) is 4.79 Å². The molecule has 1 heterocycles. The summed E-state index contributed by atoms with van der Waals surface area (Å²) in [6.07, 6.45) is 8.23. The molecule has 2 N–H and O–H groups in total. The summed E-state index contributed by atoms with van der Waals surface area (Å²) in [5.41, 5.74) is -0.138. The SMILES string of the molecule is CCC1CCCCC1NC(=O)C1(C)CCNCC1. The van der Waals surface area contributed by atoms with Crippen molar-refractivity contribution in [3.63, 3.8) is 0 Å². The monoisotopic (exact) mass is 252 g/mol. The molecule has 0 aromatic carbocycles. The van der Waals surface area contributed by atoms with Gasteiger partial charge in [-0.3, -0.25) is 4.79 Å². The van der Waals surface area contributed by atoms with Crippen LogP contribution in [0, 0.1) is 11.3 Å². The lowest BCUT2D eigenvalue weighted by Gasteiger charge is -2.37. The molecule has 0 bridgehead atoms. The van der Waals surface area contributed by atoms with Gasteiger partial charge in [0.15, 0.2) is 0 Å². The lowest BCUT2D eigenvalue weighted by Crippen LogP contribution is -2.51. The van der Waals surface area contributed by atoms with Crippen LogP contribution >= 0.6 is 0 Å². The maximum atomic E-state index is 12.5. The molecule has 18 heavy (non-hydrogen) atoms. The minimum atomic E-state index is -0.138. The first-order chi connectivity index (χ1) is 8.65. The van der Waals surface area contributed by atoms with Gasteiger partial charge in [0.05, 0.1) is 0 Å². The molecule has 2 atom stereocenters. The Labute approximate surface area is 111 Å². The molecule has 3 heteroatoms. The van der Waals surface area contributed by atoms with Crippen LogP contribution in [0.15, 0.2) is 0 Å². The van der Waals surface area contributed by atoms with E-state index in [0.29, 0.717) is 17.9 Å². The Balaban J connectivity index is 1.92. The molecule has 104 valence electrons. The van der Waals surface area contributed by atoms with Crippen molar-refractivity contribution in [2.24, 2.45) is 11.3 Å². The molecule has 2 fully saturated rings. The normalized spacial score (nSPS) is 31.9. The van der Waals surface area contributed by atoms with Gasteiger partial charge >= 0.3 is 0 Å². The van der Waals surface area contributed by atoms with Crippen LogP contribution in [0.5, 0.6) is 0 Å². The third kappa shape index (κ3) is 3.05. The van der Waals surface area contributed by atoms with Crippen LogP contribution in [0.25, 0.3) is 0 Å². The van der Waals surface area contributed by atoms with E-state index >= 15 is 0 Å². The summed E-state index contributed by atoms with van der Waals surface area (Å²) in [7, 11) is 0. The van der Waals surface area contributed by atoms with Crippen LogP contribution < -0.4 is 10.6 Å². The van der Waals surface area contributed by atoms with Crippen molar-refractivity contribution in [1.82, 2.24) is 10.6 Å². The van der Waals surface area contributed by atoms with Crippen molar-refractivity contribution >= 4 is 5.91 Å². The Morgan fingerprint density at radius 1 is 1.28 bits per heavy atom. The molecule has 1 amide bonds. The van der Waals surface area contributed by atoms with Gasteiger partial charge in [0.25, 0.3) is 0 Å². The zero-order chi connectivity index (χ0) is 13.0. The first kappa shape index (κ1) is 13.9. The fraction of sp³-hybridized carbons (Fsp3) is 0.933. The van der Waals surface area contributed by atoms with E-state index in [2.05, 4.69) is 24.5 Å². The first-order valence-electron chi connectivity index (χ1n) is 7.67. The predicted octanol–water partition coefficient (Wildman–Crippen LogP) is 2.46. The molecule has 0 radical (unpaired) electrons. The third-order valence-corrected chi connectivity index (χ3v) is 5.01. The van der Waals surface area contributed by atoms with Gasteiger partial charge in [0.1, 0.15) is 0 Å². The van der Waals surface area contributed by atoms with Crippen molar-refractivity contribution in [3.05, 3.63) is 0 Å². The van der Waals surface area contributed by atoms with Gasteiger partial charge in [0.2, 0.25) is 5.91 Å². The van der Waals surface area contributed by atoms with Crippen LogP contribution in [-0.4, -0.2) is 25.0 Å². The molecule has 3 nitrogen and oxygen atoms in total. The quantitative estimate of drug-likeness (QED) is 0.810. The average Bonchev–Trinajstić information content (AvgIpc) is 2.40. The zero-order valence-corrected chi connectivity index (χ0v) is 11.9. The fourth-order valence-corrected chi connectivity index (χ4v) is 3.43. The number of hydrogen-bond donors (Lipinski definition) is 2. The molecule has 1 aliphatic carbocycles. The standard InChI is InChI=1S/C15H28N2O/c1-3-12-6-4-5-7-13(12)17-14(18)15(2)8-10-16-11-9-15/h12-13,16H,3-11H2,1-2H3,(H,17,18). The molecule has 0 aromatic rings. The van der Waals surface area contributed by atoms with E-state index in [0.717, 1.165) is 25.9 Å². The molecule has 1 saturated heterocycles. The van der Waals surface area contributed by atoms with Crippen LogP contribution in [0.2, 0.25) is 0 Å². The van der Waals surface area contributed by atoms with Gasteiger partial charge in [-0.2, -0.15) is 0 Å². The Kier molecular flexibility index (Phi) is 4.66. The van der Waals surface area contributed by atoms with E-state index in [1.807, 2.05) is 0 Å². The molecule has 2 aliphatic rings. The van der Waals surface area contributed by atoms with E-state index in [1.165, 1.54) is 32.1 Å². The number of piperidine rings is 1. The molecule has 0 spiro atoms. The highest BCUT2D eigenvalue weighted by atomic mass is 16.2. The number of nitrogens with one attached hydrogen (secondary N) is 2. The molecule has 1 aliphatic heterocycles.